The molecule has 0 aliphatic heterocycles. The van der Waals surface area contributed by atoms with Crippen molar-refractivity contribution in [1.82, 2.24) is 5.32 Å². The number of amides is 1. The molecule has 1 aliphatic rings. The number of rotatable bonds is 10. The van der Waals surface area contributed by atoms with E-state index in [4.69, 9.17) is 4.74 Å². The van der Waals surface area contributed by atoms with Crippen molar-refractivity contribution < 1.29 is 14.3 Å². The molecule has 1 aliphatic carbocycles. The third kappa shape index (κ3) is 11.2. The Balaban J connectivity index is 2.07. The summed E-state index contributed by atoms with van der Waals surface area (Å²) in [6.07, 6.45) is 6.92. The van der Waals surface area contributed by atoms with E-state index in [2.05, 4.69) is 39.9 Å². The summed E-state index contributed by atoms with van der Waals surface area (Å²) in [7, 11) is 0. The lowest BCUT2D eigenvalue weighted by molar-refractivity contribution is -0.144. The van der Waals surface area contributed by atoms with Crippen LogP contribution in [0.5, 0.6) is 0 Å². The van der Waals surface area contributed by atoms with E-state index in [9.17, 15) is 9.59 Å². The molecule has 0 aromatic carbocycles. The van der Waals surface area contributed by atoms with Crippen molar-refractivity contribution >= 4 is 11.9 Å². The third-order valence-corrected chi connectivity index (χ3v) is 4.31. The second kappa shape index (κ2) is 8.70. The molecule has 1 fully saturated rings. The topological polar surface area (TPSA) is 55.4 Å². The molecule has 0 radical (unpaired) electrons. The summed E-state index contributed by atoms with van der Waals surface area (Å²) < 4.78 is 5.30. The number of hydrogen-bond acceptors (Lipinski definition) is 3. The van der Waals surface area contributed by atoms with Gasteiger partial charge in [0.05, 0.1) is 6.61 Å². The van der Waals surface area contributed by atoms with Crippen molar-refractivity contribution in [2.45, 2.75) is 92.0 Å². The monoisotopic (exact) mass is 325 g/mol. The van der Waals surface area contributed by atoms with E-state index in [0.717, 1.165) is 38.5 Å². The molecule has 0 heterocycles. The van der Waals surface area contributed by atoms with Gasteiger partial charge in [-0.05, 0) is 49.4 Å². The summed E-state index contributed by atoms with van der Waals surface area (Å²) in [5, 5.41) is 3.03. The van der Waals surface area contributed by atoms with E-state index < -0.39 is 0 Å². The fourth-order valence-electron chi connectivity index (χ4n) is 2.39. The van der Waals surface area contributed by atoms with E-state index in [1.54, 1.807) is 0 Å². The van der Waals surface area contributed by atoms with Gasteiger partial charge in [0.15, 0.2) is 0 Å². The molecule has 0 saturated heterocycles. The average Bonchev–Trinajstić information content (AvgIpc) is 3.22. The van der Waals surface area contributed by atoms with E-state index in [1.807, 2.05) is 0 Å². The standard InChI is InChI=1S/C19H35NO3/c1-18(2,3)12-10-17(22)23-14-6-11-19(4,5)13-9-16(21)20-15-7-8-15/h15H,6-14H2,1-5H3,(H,20,21). The molecule has 134 valence electrons. The van der Waals surface area contributed by atoms with Crippen LogP contribution in [0.15, 0.2) is 0 Å². The normalized spacial score (nSPS) is 15.3. The van der Waals surface area contributed by atoms with Crippen LogP contribution in [0.4, 0.5) is 0 Å². The lowest BCUT2D eigenvalue weighted by atomic mass is 9.83. The summed E-state index contributed by atoms with van der Waals surface area (Å²) in [4.78, 5) is 23.4. The first-order valence-corrected chi connectivity index (χ1v) is 9.02. The Morgan fingerprint density at radius 1 is 1.00 bits per heavy atom. The smallest absolute Gasteiger partial charge is 0.305 e. The Morgan fingerprint density at radius 2 is 1.65 bits per heavy atom. The number of carbonyl (C=O) groups is 2. The second-order valence-electron chi connectivity index (χ2n) is 8.89. The number of carbonyl (C=O) groups excluding carboxylic acids is 2. The van der Waals surface area contributed by atoms with Gasteiger partial charge in [-0.2, -0.15) is 0 Å². The summed E-state index contributed by atoms with van der Waals surface area (Å²) in [6, 6.07) is 0.443. The average molecular weight is 325 g/mol. The molecule has 1 N–H and O–H groups in total. The molecule has 0 atom stereocenters. The Kier molecular flexibility index (Phi) is 7.56. The maximum atomic E-state index is 11.7. The molecule has 23 heavy (non-hydrogen) atoms. The largest absolute Gasteiger partial charge is 0.466 e. The number of nitrogens with one attached hydrogen (secondary N) is 1. The highest BCUT2D eigenvalue weighted by Gasteiger charge is 2.25. The summed E-state index contributed by atoms with van der Waals surface area (Å²) in [5.74, 6) is 0.0794. The minimum atomic E-state index is -0.0958. The zero-order valence-electron chi connectivity index (χ0n) is 15.7. The summed E-state index contributed by atoms with van der Waals surface area (Å²) in [6.45, 7) is 11.2. The van der Waals surface area contributed by atoms with Crippen molar-refractivity contribution in [2.75, 3.05) is 6.61 Å². The fraction of sp³-hybridized carbons (Fsp3) is 0.895. The van der Waals surface area contributed by atoms with Crippen LogP contribution >= 0.6 is 0 Å². The number of esters is 1. The fourth-order valence-corrected chi connectivity index (χ4v) is 2.39. The summed E-state index contributed by atoms with van der Waals surface area (Å²) >= 11 is 0. The zero-order valence-corrected chi connectivity index (χ0v) is 15.7. The molecule has 0 bridgehead atoms. The lowest BCUT2D eigenvalue weighted by Crippen LogP contribution is -2.27. The highest BCUT2D eigenvalue weighted by molar-refractivity contribution is 5.76. The van der Waals surface area contributed by atoms with Gasteiger partial charge in [-0.3, -0.25) is 9.59 Å². The van der Waals surface area contributed by atoms with E-state index in [1.165, 1.54) is 0 Å². The molecule has 0 unspecified atom stereocenters. The first-order chi connectivity index (χ1) is 10.6. The Bertz CT molecular complexity index is 392. The number of hydrogen-bond donors (Lipinski definition) is 1. The first kappa shape index (κ1) is 20.0. The summed E-state index contributed by atoms with van der Waals surface area (Å²) in [5.41, 5.74) is 0.279. The van der Waals surface area contributed by atoms with Crippen LogP contribution in [-0.4, -0.2) is 24.5 Å². The highest BCUT2D eigenvalue weighted by Crippen LogP contribution is 2.29. The van der Waals surface area contributed by atoms with Crippen LogP contribution in [0, 0.1) is 10.8 Å². The van der Waals surface area contributed by atoms with Crippen molar-refractivity contribution in [1.29, 1.82) is 0 Å². The van der Waals surface area contributed by atoms with Gasteiger partial charge in [0.1, 0.15) is 0 Å². The molecule has 0 spiro atoms. The van der Waals surface area contributed by atoms with Crippen LogP contribution in [0.2, 0.25) is 0 Å². The van der Waals surface area contributed by atoms with Gasteiger partial charge in [0.2, 0.25) is 5.91 Å². The zero-order chi connectivity index (χ0) is 17.5. The lowest BCUT2D eigenvalue weighted by Gasteiger charge is -2.24. The molecule has 1 saturated carbocycles. The Morgan fingerprint density at radius 3 is 2.22 bits per heavy atom. The van der Waals surface area contributed by atoms with Gasteiger partial charge in [-0.15, -0.1) is 0 Å². The molecular weight excluding hydrogens is 290 g/mol. The molecule has 1 rings (SSSR count). The Hall–Kier alpha value is -1.06. The van der Waals surface area contributed by atoms with Crippen molar-refractivity contribution in [3.05, 3.63) is 0 Å². The van der Waals surface area contributed by atoms with Crippen molar-refractivity contribution in [3.8, 4) is 0 Å². The van der Waals surface area contributed by atoms with Gasteiger partial charge >= 0.3 is 5.97 Å². The van der Waals surface area contributed by atoms with Crippen LogP contribution < -0.4 is 5.32 Å². The highest BCUT2D eigenvalue weighted by atomic mass is 16.5. The molecule has 4 heteroatoms. The van der Waals surface area contributed by atoms with Gasteiger partial charge in [0.25, 0.3) is 0 Å². The van der Waals surface area contributed by atoms with Crippen LogP contribution in [0.1, 0.15) is 86.0 Å². The van der Waals surface area contributed by atoms with E-state index in [-0.39, 0.29) is 22.7 Å². The number of ether oxygens (including phenoxy) is 1. The molecule has 4 nitrogen and oxygen atoms in total. The van der Waals surface area contributed by atoms with Gasteiger partial charge < -0.3 is 10.1 Å². The third-order valence-electron chi connectivity index (χ3n) is 4.31. The molecule has 1 amide bonds. The minimum absolute atomic E-state index is 0.0958. The molecule has 0 aromatic heterocycles. The maximum absolute atomic E-state index is 11.7. The predicted octanol–water partition coefficient (Wildman–Crippen LogP) is 4.22. The molecular formula is C19H35NO3. The minimum Gasteiger partial charge on any atom is -0.466 e. The maximum Gasteiger partial charge on any atom is 0.305 e. The SMILES string of the molecule is CC(C)(C)CCC(=O)OCCCC(C)(C)CCC(=O)NC1CC1. The van der Waals surface area contributed by atoms with Crippen LogP contribution in [0.25, 0.3) is 0 Å². The second-order valence-corrected chi connectivity index (χ2v) is 8.89. The van der Waals surface area contributed by atoms with Gasteiger partial charge in [-0.1, -0.05) is 34.6 Å². The first-order valence-electron chi connectivity index (χ1n) is 9.02. The van der Waals surface area contributed by atoms with Gasteiger partial charge in [0, 0.05) is 18.9 Å². The van der Waals surface area contributed by atoms with Crippen molar-refractivity contribution in [3.63, 3.8) is 0 Å². The van der Waals surface area contributed by atoms with E-state index >= 15 is 0 Å². The molecule has 0 aromatic rings. The van der Waals surface area contributed by atoms with Gasteiger partial charge in [-0.25, -0.2) is 0 Å². The Labute approximate surface area is 141 Å². The van der Waals surface area contributed by atoms with Crippen molar-refractivity contribution in [2.24, 2.45) is 10.8 Å². The predicted molar refractivity (Wildman–Crippen MR) is 93.1 cm³/mol. The van der Waals surface area contributed by atoms with E-state index in [0.29, 0.717) is 25.5 Å². The quantitative estimate of drug-likeness (QED) is 0.483. The van der Waals surface area contributed by atoms with Crippen LogP contribution in [0.3, 0.4) is 0 Å². The van der Waals surface area contributed by atoms with Crippen LogP contribution in [-0.2, 0) is 14.3 Å².